The third kappa shape index (κ3) is 4.71. The third-order valence-electron chi connectivity index (χ3n) is 6.75. The van der Waals surface area contributed by atoms with Gasteiger partial charge in [-0.3, -0.25) is 0 Å². The summed E-state index contributed by atoms with van der Waals surface area (Å²) < 4.78 is 0. The molecule has 0 radical (unpaired) electrons. The lowest BCUT2D eigenvalue weighted by molar-refractivity contribution is 0.114. The minimum atomic E-state index is 0.817. The van der Waals surface area contributed by atoms with Crippen molar-refractivity contribution in [1.29, 1.82) is 0 Å². The molecule has 0 saturated heterocycles. The Morgan fingerprint density at radius 3 is 2.10 bits per heavy atom. The van der Waals surface area contributed by atoms with Gasteiger partial charge >= 0.3 is 0 Å². The van der Waals surface area contributed by atoms with Gasteiger partial charge in [0.05, 0.1) is 0 Å². The van der Waals surface area contributed by atoms with E-state index >= 15 is 0 Å². The van der Waals surface area contributed by atoms with Crippen molar-refractivity contribution in [3.63, 3.8) is 0 Å². The van der Waals surface area contributed by atoms with E-state index in [-0.39, 0.29) is 0 Å². The summed E-state index contributed by atoms with van der Waals surface area (Å²) in [4.78, 5) is 0. The normalized spacial score (nSPS) is 39.1. The van der Waals surface area contributed by atoms with E-state index in [1.165, 1.54) is 64.3 Å². The molecular weight excluding hydrogens is 254 g/mol. The van der Waals surface area contributed by atoms with Gasteiger partial charge in [-0.1, -0.05) is 53.4 Å². The van der Waals surface area contributed by atoms with Gasteiger partial charge < -0.3 is 5.32 Å². The zero-order valence-electron chi connectivity index (χ0n) is 15.0. The summed E-state index contributed by atoms with van der Waals surface area (Å²) >= 11 is 0. The van der Waals surface area contributed by atoms with Gasteiger partial charge in [0.25, 0.3) is 0 Å². The van der Waals surface area contributed by atoms with Gasteiger partial charge in [0.2, 0.25) is 0 Å². The summed E-state index contributed by atoms with van der Waals surface area (Å²) in [5.41, 5.74) is 0. The molecule has 0 bridgehead atoms. The molecule has 4 unspecified atom stereocenters. The molecule has 21 heavy (non-hydrogen) atoms. The molecule has 1 heteroatoms. The first-order valence-electron chi connectivity index (χ1n) is 9.89. The molecule has 0 aromatic carbocycles. The van der Waals surface area contributed by atoms with Crippen molar-refractivity contribution >= 4 is 0 Å². The molecule has 0 aliphatic heterocycles. The van der Waals surface area contributed by atoms with Crippen LogP contribution in [0.2, 0.25) is 0 Å². The fourth-order valence-electron chi connectivity index (χ4n) is 4.90. The molecule has 2 fully saturated rings. The second kappa shape index (κ2) is 8.56. The fraction of sp³-hybridized carbons (Fsp3) is 1.00. The number of hydrogen-bond donors (Lipinski definition) is 1. The summed E-state index contributed by atoms with van der Waals surface area (Å²) in [6.07, 6.45) is 13.0. The largest absolute Gasteiger partial charge is 0.313 e. The Kier molecular flexibility index (Phi) is 7.05. The van der Waals surface area contributed by atoms with Crippen LogP contribution in [0.1, 0.15) is 85.5 Å². The van der Waals surface area contributed by atoms with Gasteiger partial charge in [-0.05, 0) is 68.2 Å². The second-order valence-corrected chi connectivity index (χ2v) is 8.20. The van der Waals surface area contributed by atoms with E-state index in [2.05, 4.69) is 33.0 Å². The van der Waals surface area contributed by atoms with E-state index < -0.39 is 0 Å². The van der Waals surface area contributed by atoms with Crippen molar-refractivity contribution in [2.45, 2.75) is 91.5 Å². The van der Waals surface area contributed by atoms with Crippen LogP contribution in [0, 0.1) is 29.6 Å². The molecule has 124 valence electrons. The summed E-state index contributed by atoms with van der Waals surface area (Å²) in [7, 11) is 0. The van der Waals surface area contributed by atoms with E-state index in [1.807, 2.05) is 0 Å². The van der Waals surface area contributed by atoms with Gasteiger partial charge in [0.1, 0.15) is 0 Å². The highest BCUT2D eigenvalue weighted by atomic mass is 14.9. The van der Waals surface area contributed by atoms with Gasteiger partial charge in [0, 0.05) is 6.04 Å². The molecule has 1 N–H and O–H groups in total. The molecule has 2 saturated carbocycles. The Labute approximate surface area is 133 Å². The predicted octanol–water partition coefficient (Wildman–Crippen LogP) is 5.64. The monoisotopic (exact) mass is 293 g/mol. The lowest BCUT2D eigenvalue weighted by Gasteiger charge is -2.42. The molecule has 2 aliphatic rings. The summed E-state index contributed by atoms with van der Waals surface area (Å²) in [6.45, 7) is 10.9. The molecular formula is C20H39N. The van der Waals surface area contributed by atoms with Crippen LogP contribution in [-0.4, -0.2) is 12.6 Å². The van der Waals surface area contributed by atoms with Gasteiger partial charge in [0.15, 0.2) is 0 Å². The molecule has 2 rings (SSSR count). The molecule has 2 aliphatic carbocycles. The summed E-state index contributed by atoms with van der Waals surface area (Å²) in [6, 6.07) is 0.817. The number of hydrogen-bond acceptors (Lipinski definition) is 1. The van der Waals surface area contributed by atoms with Crippen LogP contribution < -0.4 is 5.32 Å². The zero-order chi connectivity index (χ0) is 15.2. The van der Waals surface area contributed by atoms with E-state index in [0.29, 0.717) is 0 Å². The minimum absolute atomic E-state index is 0.817. The van der Waals surface area contributed by atoms with Crippen molar-refractivity contribution in [1.82, 2.24) is 5.32 Å². The maximum absolute atomic E-state index is 3.98. The molecule has 0 aromatic heterocycles. The molecule has 4 atom stereocenters. The predicted molar refractivity (Wildman–Crippen MR) is 93.5 cm³/mol. The number of rotatable bonds is 6. The molecule has 0 heterocycles. The highest BCUT2D eigenvalue weighted by molar-refractivity contribution is 4.90. The maximum Gasteiger partial charge on any atom is 0.0124 e. The Hall–Kier alpha value is -0.0400. The maximum atomic E-state index is 3.98. The Balaban J connectivity index is 1.94. The van der Waals surface area contributed by atoms with Gasteiger partial charge in [-0.15, -0.1) is 0 Å². The van der Waals surface area contributed by atoms with Crippen molar-refractivity contribution in [2.24, 2.45) is 29.6 Å². The highest BCUT2D eigenvalue weighted by Crippen LogP contribution is 2.41. The fourth-order valence-corrected chi connectivity index (χ4v) is 4.90. The average Bonchev–Trinajstić information content (AvgIpc) is 2.51. The molecule has 1 nitrogen and oxygen atoms in total. The summed E-state index contributed by atoms with van der Waals surface area (Å²) in [5, 5.41) is 3.98. The van der Waals surface area contributed by atoms with Crippen LogP contribution in [0.25, 0.3) is 0 Å². The van der Waals surface area contributed by atoms with Crippen molar-refractivity contribution in [3.8, 4) is 0 Å². The van der Waals surface area contributed by atoms with E-state index in [9.17, 15) is 0 Å². The quantitative estimate of drug-likeness (QED) is 0.668. The molecule has 0 amide bonds. The smallest absolute Gasteiger partial charge is 0.0124 e. The Bertz CT molecular complexity index is 280. The molecule has 0 aromatic rings. The van der Waals surface area contributed by atoms with E-state index in [4.69, 9.17) is 0 Å². The topological polar surface area (TPSA) is 12.0 Å². The lowest BCUT2D eigenvalue weighted by atomic mass is 9.67. The standard InChI is InChI=1S/C20H39N/c1-5-13-21-20(18-11-8-17(6-2)9-12-18)19-10-7-15(3)16(4)14-19/h15-21H,5-14H2,1-4H3. The van der Waals surface area contributed by atoms with E-state index in [0.717, 1.165) is 35.6 Å². The van der Waals surface area contributed by atoms with Crippen LogP contribution in [-0.2, 0) is 0 Å². The first-order chi connectivity index (χ1) is 10.2. The number of nitrogens with one attached hydrogen (secondary N) is 1. The zero-order valence-corrected chi connectivity index (χ0v) is 15.0. The minimum Gasteiger partial charge on any atom is -0.313 e. The SMILES string of the molecule is CCCNC(C1CCC(CC)CC1)C1CCC(C)C(C)C1. The van der Waals surface area contributed by atoms with Crippen LogP contribution in [0.15, 0.2) is 0 Å². The van der Waals surface area contributed by atoms with Crippen molar-refractivity contribution in [2.75, 3.05) is 6.54 Å². The van der Waals surface area contributed by atoms with Crippen LogP contribution in [0.3, 0.4) is 0 Å². The van der Waals surface area contributed by atoms with Crippen molar-refractivity contribution < 1.29 is 0 Å². The second-order valence-electron chi connectivity index (χ2n) is 8.20. The average molecular weight is 294 g/mol. The third-order valence-corrected chi connectivity index (χ3v) is 6.75. The van der Waals surface area contributed by atoms with Crippen LogP contribution in [0.5, 0.6) is 0 Å². The first kappa shape index (κ1) is 17.3. The lowest BCUT2D eigenvalue weighted by Crippen LogP contribution is -2.46. The van der Waals surface area contributed by atoms with Gasteiger partial charge in [-0.2, -0.15) is 0 Å². The van der Waals surface area contributed by atoms with Crippen LogP contribution >= 0.6 is 0 Å². The van der Waals surface area contributed by atoms with E-state index in [1.54, 1.807) is 0 Å². The highest BCUT2D eigenvalue weighted by Gasteiger charge is 2.35. The Morgan fingerprint density at radius 1 is 0.857 bits per heavy atom. The molecule has 0 spiro atoms. The van der Waals surface area contributed by atoms with Crippen LogP contribution in [0.4, 0.5) is 0 Å². The van der Waals surface area contributed by atoms with Gasteiger partial charge in [-0.25, -0.2) is 0 Å². The Morgan fingerprint density at radius 2 is 1.52 bits per heavy atom. The van der Waals surface area contributed by atoms with Crippen molar-refractivity contribution in [3.05, 3.63) is 0 Å². The summed E-state index contributed by atoms with van der Waals surface area (Å²) in [5.74, 6) is 4.82. The first-order valence-corrected chi connectivity index (χ1v) is 9.89.